The van der Waals surface area contributed by atoms with Gasteiger partial charge in [0.25, 0.3) is 0 Å². The van der Waals surface area contributed by atoms with Crippen molar-refractivity contribution in [1.29, 1.82) is 5.26 Å². The van der Waals surface area contributed by atoms with Crippen molar-refractivity contribution in [3.05, 3.63) is 12.3 Å². The van der Waals surface area contributed by atoms with Gasteiger partial charge in [-0.15, -0.1) is 0 Å². The fourth-order valence-corrected chi connectivity index (χ4v) is 0.820. The second-order valence-corrected chi connectivity index (χ2v) is 2.46. The molecular formula is C8H10N4O. The van der Waals surface area contributed by atoms with Crippen molar-refractivity contribution < 1.29 is 4.79 Å². The Morgan fingerprint density at radius 3 is 3.23 bits per heavy atom. The molecule has 1 aromatic heterocycles. The zero-order valence-corrected chi connectivity index (χ0v) is 7.32. The highest BCUT2D eigenvalue weighted by atomic mass is 16.1. The summed E-state index contributed by atoms with van der Waals surface area (Å²) in [5.41, 5.74) is 0. The Labute approximate surface area is 76.0 Å². The van der Waals surface area contributed by atoms with Gasteiger partial charge in [0.2, 0.25) is 5.91 Å². The van der Waals surface area contributed by atoms with Gasteiger partial charge in [0.15, 0.2) is 5.82 Å². The fraction of sp³-hybridized carbons (Fsp3) is 0.375. The minimum Gasteiger partial charge on any atom is -0.309 e. The van der Waals surface area contributed by atoms with Crippen LogP contribution in [-0.4, -0.2) is 15.7 Å². The van der Waals surface area contributed by atoms with Gasteiger partial charge in [-0.2, -0.15) is 10.4 Å². The van der Waals surface area contributed by atoms with E-state index in [1.165, 1.54) is 4.68 Å². The molecule has 5 nitrogen and oxygen atoms in total. The topological polar surface area (TPSA) is 70.7 Å². The molecule has 0 saturated carbocycles. The lowest BCUT2D eigenvalue weighted by Gasteiger charge is -1.96. The van der Waals surface area contributed by atoms with Gasteiger partial charge < -0.3 is 5.32 Å². The molecule has 1 aromatic rings. The second-order valence-electron chi connectivity index (χ2n) is 2.46. The molecule has 0 radical (unpaired) electrons. The number of rotatable bonds is 3. The molecule has 1 amide bonds. The Morgan fingerprint density at radius 1 is 1.85 bits per heavy atom. The molecule has 0 bridgehead atoms. The van der Waals surface area contributed by atoms with Crippen LogP contribution in [0, 0.1) is 11.3 Å². The molecule has 1 N–H and O–H groups in total. The lowest BCUT2D eigenvalue weighted by Crippen LogP contribution is -2.10. The van der Waals surface area contributed by atoms with Gasteiger partial charge in [0.1, 0.15) is 6.54 Å². The average molecular weight is 178 g/mol. The molecule has 0 unspecified atom stereocenters. The molecule has 0 spiro atoms. The summed E-state index contributed by atoms with van der Waals surface area (Å²) >= 11 is 0. The highest BCUT2D eigenvalue weighted by molar-refractivity contribution is 5.89. The zero-order valence-electron chi connectivity index (χ0n) is 7.32. The van der Waals surface area contributed by atoms with Crippen LogP contribution in [0.2, 0.25) is 0 Å². The molecule has 0 fully saturated rings. The van der Waals surface area contributed by atoms with Crippen LogP contribution < -0.4 is 5.32 Å². The molecule has 0 aromatic carbocycles. The monoisotopic (exact) mass is 178 g/mol. The van der Waals surface area contributed by atoms with E-state index in [1.807, 2.05) is 6.07 Å². The second kappa shape index (κ2) is 4.26. The Hall–Kier alpha value is -1.83. The summed E-state index contributed by atoms with van der Waals surface area (Å²) < 4.78 is 1.46. The van der Waals surface area contributed by atoms with Crippen LogP contribution in [0.3, 0.4) is 0 Å². The lowest BCUT2D eigenvalue weighted by atomic mass is 10.4. The molecule has 13 heavy (non-hydrogen) atoms. The van der Waals surface area contributed by atoms with E-state index in [2.05, 4.69) is 10.4 Å². The van der Waals surface area contributed by atoms with Gasteiger partial charge in [-0.05, 0) is 0 Å². The fourth-order valence-electron chi connectivity index (χ4n) is 0.820. The molecular weight excluding hydrogens is 168 g/mol. The Kier molecular flexibility index (Phi) is 3.03. The maximum atomic E-state index is 10.9. The van der Waals surface area contributed by atoms with Gasteiger partial charge in [-0.25, -0.2) is 0 Å². The number of hydrogen-bond donors (Lipinski definition) is 1. The molecule has 0 aliphatic carbocycles. The minimum absolute atomic E-state index is 0.0813. The molecule has 68 valence electrons. The van der Waals surface area contributed by atoms with Gasteiger partial charge in [0, 0.05) is 18.7 Å². The summed E-state index contributed by atoms with van der Waals surface area (Å²) in [6, 6.07) is 3.61. The number of amides is 1. The Balaban J connectivity index is 2.59. The molecule has 0 atom stereocenters. The van der Waals surface area contributed by atoms with Crippen molar-refractivity contribution in [3.63, 3.8) is 0 Å². The third-order valence-electron chi connectivity index (χ3n) is 1.46. The van der Waals surface area contributed by atoms with Gasteiger partial charge in [-0.1, -0.05) is 6.92 Å². The summed E-state index contributed by atoms with van der Waals surface area (Å²) in [6.45, 7) is 1.96. The molecule has 0 aliphatic heterocycles. The van der Waals surface area contributed by atoms with E-state index in [9.17, 15) is 4.79 Å². The van der Waals surface area contributed by atoms with Crippen LogP contribution in [0.15, 0.2) is 12.3 Å². The first-order valence-electron chi connectivity index (χ1n) is 3.96. The van der Waals surface area contributed by atoms with Gasteiger partial charge in [0.05, 0.1) is 6.07 Å². The average Bonchev–Trinajstić information content (AvgIpc) is 2.53. The predicted molar refractivity (Wildman–Crippen MR) is 46.8 cm³/mol. The van der Waals surface area contributed by atoms with E-state index in [0.717, 1.165) is 0 Å². The van der Waals surface area contributed by atoms with Crippen LogP contribution in [-0.2, 0) is 11.3 Å². The number of hydrogen-bond acceptors (Lipinski definition) is 3. The predicted octanol–water partition coefficient (Wildman–Crippen LogP) is 0.755. The molecule has 1 rings (SSSR count). The normalized spacial score (nSPS) is 9.23. The third kappa shape index (κ3) is 2.60. The summed E-state index contributed by atoms with van der Waals surface area (Å²) in [5, 5.41) is 14.9. The largest absolute Gasteiger partial charge is 0.309 e. The van der Waals surface area contributed by atoms with Crippen LogP contribution in [0.5, 0.6) is 0 Å². The Bertz CT molecular complexity index is 336. The number of nitrogens with one attached hydrogen (secondary N) is 1. The summed E-state index contributed by atoms with van der Waals surface area (Å²) in [5.74, 6) is 0.407. The van der Waals surface area contributed by atoms with Crippen molar-refractivity contribution >= 4 is 11.7 Å². The number of aromatic nitrogens is 2. The number of nitriles is 1. The standard InChI is InChI=1S/C8H10N4O/c1-2-8(13)10-7-3-5-12(11-7)6-4-9/h3,5H,2,6H2,1H3,(H,10,11,13). The van der Waals surface area contributed by atoms with E-state index in [0.29, 0.717) is 12.2 Å². The first-order chi connectivity index (χ1) is 6.26. The third-order valence-corrected chi connectivity index (χ3v) is 1.46. The van der Waals surface area contributed by atoms with Crippen LogP contribution in [0.1, 0.15) is 13.3 Å². The van der Waals surface area contributed by atoms with E-state index >= 15 is 0 Å². The van der Waals surface area contributed by atoms with Gasteiger partial charge in [-0.3, -0.25) is 9.48 Å². The number of carbonyl (C=O) groups is 1. The summed E-state index contributed by atoms with van der Waals surface area (Å²) in [6.07, 6.45) is 2.07. The van der Waals surface area contributed by atoms with E-state index < -0.39 is 0 Å². The lowest BCUT2D eigenvalue weighted by molar-refractivity contribution is -0.115. The van der Waals surface area contributed by atoms with Crippen molar-refractivity contribution in [2.75, 3.05) is 5.32 Å². The Morgan fingerprint density at radius 2 is 2.62 bits per heavy atom. The van der Waals surface area contributed by atoms with Crippen molar-refractivity contribution in [2.45, 2.75) is 19.9 Å². The zero-order chi connectivity index (χ0) is 9.68. The minimum atomic E-state index is -0.0813. The maximum Gasteiger partial charge on any atom is 0.225 e. The number of carbonyl (C=O) groups excluding carboxylic acids is 1. The van der Waals surface area contributed by atoms with Crippen LogP contribution >= 0.6 is 0 Å². The van der Waals surface area contributed by atoms with Crippen molar-refractivity contribution in [3.8, 4) is 6.07 Å². The number of nitrogens with zero attached hydrogens (tertiary/aromatic N) is 3. The molecule has 0 saturated heterocycles. The quantitative estimate of drug-likeness (QED) is 0.742. The maximum absolute atomic E-state index is 10.9. The summed E-state index contributed by atoms with van der Waals surface area (Å²) in [7, 11) is 0. The van der Waals surface area contributed by atoms with E-state index in [-0.39, 0.29) is 12.5 Å². The van der Waals surface area contributed by atoms with Crippen molar-refractivity contribution in [1.82, 2.24) is 9.78 Å². The van der Waals surface area contributed by atoms with Gasteiger partial charge >= 0.3 is 0 Å². The molecule has 0 aliphatic rings. The molecule has 1 heterocycles. The van der Waals surface area contributed by atoms with Crippen LogP contribution in [0.25, 0.3) is 0 Å². The first kappa shape index (κ1) is 9.26. The number of anilines is 1. The SMILES string of the molecule is CCC(=O)Nc1ccn(CC#N)n1. The highest BCUT2D eigenvalue weighted by Crippen LogP contribution is 2.02. The van der Waals surface area contributed by atoms with Crippen molar-refractivity contribution in [2.24, 2.45) is 0 Å². The van der Waals surface area contributed by atoms with E-state index in [4.69, 9.17) is 5.26 Å². The van der Waals surface area contributed by atoms with E-state index in [1.54, 1.807) is 19.2 Å². The smallest absolute Gasteiger partial charge is 0.225 e. The summed E-state index contributed by atoms with van der Waals surface area (Å²) in [4.78, 5) is 10.9. The first-order valence-corrected chi connectivity index (χ1v) is 3.96. The van der Waals surface area contributed by atoms with Crippen LogP contribution in [0.4, 0.5) is 5.82 Å². The highest BCUT2D eigenvalue weighted by Gasteiger charge is 2.01. The molecule has 5 heteroatoms.